The molecule has 136 valence electrons. The highest BCUT2D eigenvalue weighted by molar-refractivity contribution is 5.94. The zero-order valence-corrected chi connectivity index (χ0v) is 15.2. The Labute approximate surface area is 154 Å². The first kappa shape index (κ1) is 17.2. The van der Waals surface area contributed by atoms with Gasteiger partial charge in [0.15, 0.2) is 0 Å². The quantitative estimate of drug-likeness (QED) is 0.830. The van der Waals surface area contributed by atoms with Crippen LogP contribution >= 0.6 is 0 Å². The van der Waals surface area contributed by atoms with E-state index < -0.39 is 0 Å². The number of rotatable bonds is 5. The molecule has 5 heteroatoms. The number of amides is 1. The zero-order chi connectivity index (χ0) is 18.0. The van der Waals surface area contributed by atoms with Crippen LogP contribution in [0.25, 0.3) is 0 Å². The number of hydrogen-bond donors (Lipinski definition) is 0. The van der Waals surface area contributed by atoms with Gasteiger partial charge in [0.05, 0.1) is 24.5 Å². The summed E-state index contributed by atoms with van der Waals surface area (Å²) in [4.78, 5) is 23.4. The van der Waals surface area contributed by atoms with Gasteiger partial charge in [-0.15, -0.1) is 0 Å². The fourth-order valence-corrected chi connectivity index (χ4v) is 4.52. The molecule has 1 aliphatic heterocycles. The second-order valence-electron chi connectivity index (χ2n) is 7.64. The Bertz CT molecular complexity index is 780. The molecule has 2 fully saturated rings. The highest BCUT2D eigenvalue weighted by Crippen LogP contribution is 2.49. The first-order valence-electron chi connectivity index (χ1n) is 9.36. The Hall–Kier alpha value is -2.27. The van der Waals surface area contributed by atoms with Crippen LogP contribution in [0.4, 0.5) is 0 Å². The van der Waals surface area contributed by atoms with E-state index in [9.17, 15) is 4.79 Å². The highest BCUT2D eigenvalue weighted by Gasteiger charge is 2.50. The third-order valence-electron chi connectivity index (χ3n) is 5.82. The maximum atomic E-state index is 12.8. The lowest BCUT2D eigenvalue weighted by Crippen LogP contribution is -2.34. The van der Waals surface area contributed by atoms with Crippen LogP contribution in [0.2, 0.25) is 0 Å². The summed E-state index contributed by atoms with van der Waals surface area (Å²) >= 11 is 0. The molecule has 1 saturated carbocycles. The molecule has 2 aliphatic rings. The van der Waals surface area contributed by atoms with Crippen molar-refractivity contribution >= 4 is 5.91 Å². The fraction of sp³-hybridized carbons (Fsp3) is 0.476. The number of carbonyl (C=O) groups excluding carboxylic acids is 1. The average molecular weight is 351 g/mol. The summed E-state index contributed by atoms with van der Waals surface area (Å²) < 4.78 is 6.08. The largest absolute Gasteiger partial charge is 0.375 e. The number of aromatic nitrogens is 2. The van der Waals surface area contributed by atoms with Crippen LogP contribution in [-0.4, -0.2) is 40.5 Å². The van der Waals surface area contributed by atoms with Gasteiger partial charge >= 0.3 is 0 Å². The molecule has 1 saturated heterocycles. The molecular weight excluding hydrogens is 326 g/mol. The summed E-state index contributed by atoms with van der Waals surface area (Å²) in [5, 5.41) is 0. The molecule has 26 heavy (non-hydrogen) atoms. The topological polar surface area (TPSA) is 55.3 Å². The molecule has 1 amide bonds. The Morgan fingerprint density at radius 1 is 1.35 bits per heavy atom. The molecule has 2 atom stereocenters. The predicted molar refractivity (Wildman–Crippen MR) is 98.5 cm³/mol. The van der Waals surface area contributed by atoms with E-state index >= 15 is 0 Å². The summed E-state index contributed by atoms with van der Waals surface area (Å²) in [6.45, 7) is 4.84. The van der Waals surface area contributed by atoms with E-state index in [-0.39, 0.29) is 11.3 Å². The molecule has 0 aromatic carbocycles. The van der Waals surface area contributed by atoms with Crippen molar-refractivity contribution in [1.29, 1.82) is 0 Å². The molecule has 0 unspecified atom stereocenters. The minimum atomic E-state index is 0.0900. The van der Waals surface area contributed by atoms with Crippen molar-refractivity contribution < 1.29 is 9.53 Å². The van der Waals surface area contributed by atoms with E-state index in [0.29, 0.717) is 24.7 Å². The number of likely N-dealkylation sites (tertiary alicyclic amines) is 1. The first-order chi connectivity index (χ1) is 12.7. The standard InChI is InChI=1S/C21H25N3O2/c1-16-5-2-8-19(23-16)13-26-15-21-9-3-7-18(21)12-24(14-21)20(25)17-6-4-10-22-11-17/h2,4-6,8,10-11,18H,3,7,9,12-15H2,1H3/t18-,21+/m0/s1. The highest BCUT2D eigenvalue weighted by atomic mass is 16.5. The molecule has 1 aliphatic carbocycles. The average Bonchev–Trinajstić information content (AvgIpc) is 3.19. The van der Waals surface area contributed by atoms with Gasteiger partial charge < -0.3 is 9.64 Å². The van der Waals surface area contributed by atoms with Crippen LogP contribution in [0, 0.1) is 18.3 Å². The molecule has 0 bridgehead atoms. The van der Waals surface area contributed by atoms with Crippen LogP contribution < -0.4 is 0 Å². The van der Waals surface area contributed by atoms with Crippen LogP contribution in [0.1, 0.15) is 41.0 Å². The number of ether oxygens (including phenoxy) is 1. The zero-order valence-electron chi connectivity index (χ0n) is 15.2. The number of hydrogen-bond acceptors (Lipinski definition) is 4. The van der Waals surface area contributed by atoms with Crippen molar-refractivity contribution in [2.45, 2.75) is 32.8 Å². The summed E-state index contributed by atoms with van der Waals surface area (Å²) in [6, 6.07) is 9.67. The number of pyridine rings is 2. The monoisotopic (exact) mass is 351 g/mol. The minimum absolute atomic E-state index is 0.0900. The lowest BCUT2D eigenvalue weighted by molar-refractivity contribution is 0.0252. The molecule has 3 heterocycles. The molecule has 0 N–H and O–H groups in total. The Morgan fingerprint density at radius 3 is 3.08 bits per heavy atom. The third kappa shape index (κ3) is 3.36. The maximum Gasteiger partial charge on any atom is 0.255 e. The van der Waals surface area contributed by atoms with Crippen LogP contribution in [0.15, 0.2) is 42.7 Å². The van der Waals surface area contributed by atoms with Gasteiger partial charge in [0.25, 0.3) is 5.91 Å². The van der Waals surface area contributed by atoms with Gasteiger partial charge in [-0.2, -0.15) is 0 Å². The number of carbonyl (C=O) groups is 1. The molecule has 2 aromatic rings. The summed E-state index contributed by atoms with van der Waals surface area (Å²) in [6.07, 6.45) is 6.90. The van der Waals surface area contributed by atoms with E-state index in [0.717, 1.165) is 30.9 Å². The van der Waals surface area contributed by atoms with Crippen LogP contribution in [-0.2, 0) is 11.3 Å². The van der Waals surface area contributed by atoms with E-state index in [2.05, 4.69) is 9.97 Å². The van der Waals surface area contributed by atoms with Crippen molar-refractivity contribution in [1.82, 2.24) is 14.9 Å². The van der Waals surface area contributed by atoms with Gasteiger partial charge in [-0.1, -0.05) is 12.5 Å². The van der Waals surface area contributed by atoms with Gasteiger partial charge in [0.1, 0.15) is 0 Å². The molecule has 4 rings (SSSR count). The van der Waals surface area contributed by atoms with E-state index in [1.54, 1.807) is 12.4 Å². The number of fused-ring (bicyclic) bond motifs is 1. The molecular formula is C21H25N3O2. The predicted octanol–water partition coefficient (Wildman–Crippen LogP) is 3.24. The molecule has 0 spiro atoms. The van der Waals surface area contributed by atoms with E-state index in [1.807, 2.05) is 42.2 Å². The van der Waals surface area contributed by atoms with E-state index in [1.165, 1.54) is 12.8 Å². The number of nitrogens with zero attached hydrogens (tertiary/aromatic N) is 3. The van der Waals surface area contributed by atoms with Gasteiger partial charge in [0, 0.05) is 36.6 Å². The number of aryl methyl sites for hydroxylation is 1. The Kier molecular flexibility index (Phi) is 4.72. The summed E-state index contributed by atoms with van der Waals surface area (Å²) in [7, 11) is 0. The van der Waals surface area contributed by atoms with Crippen molar-refractivity contribution in [2.75, 3.05) is 19.7 Å². The van der Waals surface area contributed by atoms with Gasteiger partial charge in [0.2, 0.25) is 0 Å². The van der Waals surface area contributed by atoms with Crippen molar-refractivity contribution in [2.24, 2.45) is 11.3 Å². The SMILES string of the molecule is Cc1cccc(COC[C@]23CCC[C@H]2CN(C(=O)c2cccnc2)C3)n1. The minimum Gasteiger partial charge on any atom is -0.375 e. The van der Waals surface area contributed by atoms with Crippen molar-refractivity contribution in [3.8, 4) is 0 Å². The summed E-state index contributed by atoms with van der Waals surface area (Å²) in [5.74, 6) is 0.626. The fourth-order valence-electron chi connectivity index (χ4n) is 4.52. The smallest absolute Gasteiger partial charge is 0.255 e. The molecule has 0 radical (unpaired) electrons. The van der Waals surface area contributed by atoms with Crippen molar-refractivity contribution in [3.63, 3.8) is 0 Å². The van der Waals surface area contributed by atoms with Crippen LogP contribution in [0.3, 0.4) is 0 Å². The second-order valence-corrected chi connectivity index (χ2v) is 7.64. The third-order valence-corrected chi connectivity index (χ3v) is 5.82. The van der Waals surface area contributed by atoms with Gasteiger partial charge in [-0.05, 0) is 49.9 Å². The van der Waals surface area contributed by atoms with Crippen LogP contribution in [0.5, 0.6) is 0 Å². The Balaban J connectivity index is 1.41. The first-order valence-corrected chi connectivity index (χ1v) is 9.36. The lowest BCUT2D eigenvalue weighted by atomic mass is 9.81. The van der Waals surface area contributed by atoms with Gasteiger partial charge in [-0.25, -0.2) is 0 Å². The van der Waals surface area contributed by atoms with E-state index in [4.69, 9.17) is 4.74 Å². The summed E-state index contributed by atoms with van der Waals surface area (Å²) in [5.41, 5.74) is 2.75. The Morgan fingerprint density at radius 2 is 2.27 bits per heavy atom. The van der Waals surface area contributed by atoms with Gasteiger partial charge in [-0.3, -0.25) is 14.8 Å². The lowest BCUT2D eigenvalue weighted by Gasteiger charge is -2.28. The molecule has 5 nitrogen and oxygen atoms in total. The molecule has 2 aromatic heterocycles. The van der Waals surface area contributed by atoms with Crippen molar-refractivity contribution in [3.05, 3.63) is 59.7 Å². The maximum absolute atomic E-state index is 12.8. The normalized spacial score (nSPS) is 24.7. The second kappa shape index (κ2) is 7.16.